The summed E-state index contributed by atoms with van der Waals surface area (Å²) in [5, 5.41) is 9.34. The van der Waals surface area contributed by atoms with Gasteiger partial charge >= 0.3 is 0 Å². The molecule has 0 radical (unpaired) electrons. The smallest absolute Gasteiger partial charge is 0.115 e. The molecule has 0 fully saturated rings. The van der Waals surface area contributed by atoms with Gasteiger partial charge in [-0.15, -0.1) is 0 Å². The number of halogens is 1. The van der Waals surface area contributed by atoms with Gasteiger partial charge in [-0.3, -0.25) is 0 Å². The third-order valence-corrected chi connectivity index (χ3v) is 2.42. The van der Waals surface area contributed by atoms with E-state index < -0.39 is 0 Å². The summed E-state index contributed by atoms with van der Waals surface area (Å²) in [7, 11) is 0. The largest absolute Gasteiger partial charge is 0.508 e. The summed E-state index contributed by atoms with van der Waals surface area (Å²) in [6.45, 7) is 10.1. The maximum absolute atomic E-state index is 8.70. The van der Waals surface area contributed by atoms with Gasteiger partial charge in [-0.25, -0.2) is 0 Å². The van der Waals surface area contributed by atoms with E-state index in [-0.39, 0.29) is 5.75 Å². The molecule has 0 amide bonds. The lowest BCUT2D eigenvalue weighted by molar-refractivity contribution is 0.321. The van der Waals surface area contributed by atoms with Gasteiger partial charge in [0.1, 0.15) is 5.75 Å². The Morgan fingerprint density at radius 3 is 1.60 bits per heavy atom. The number of nitrogens with zero attached hydrogens (tertiary/aromatic N) is 1. The Labute approximate surface area is 97.5 Å². The van der Waals surface area contributed by atoms with Gasteiger partial charge in [-0.2, -0.15) is 0 Å². The summed E-state index contributed by atoms with van der Waals surface area (Å²) < 4.78 is 0. The van der Waals surface area contributed by atoms with Crippen LogP contribution in [0.5, 0.6) is 5.75 Å². The van der Waals surface area contributed by atoms with Crippen molar-refractivity contribution in [2.75, 3.05) is 19.6 Å². The number of hydrogen-bond donors (Lipinski definition) is 1. The molecule has 0 aliphatic rings. The standard InChI is InChI=1S/C6H5ClO.C6H15N/c7-5-1-3-6(8)4-2-5;1-4-7(5-2)6-3/h1-4,8H;4-6H2,1-3H3. The van der Waals surface area contributed by atoms with Gasteiger partial charge in [0.2, 0.25) is 0 Å². The van der Waals surface area contributed by atoms with Crippen molar-refractivity contribution in [3.05, 3.63) is 29.3 Å². The molecule has 1 N–H and O–H groups in total. The van der Waals surface area contributed by atoms with E-state index in [1.54, 1.807) is 24.3 Å². The van der Waals surface area contributed by atoms with Crippen LogP contribution >= 0.6 is 11.6 Å². The molecule has 0 atom stereocenters. The number of benzene rings is 1. The van der Waals surface area contributed by atoms with Gasteiger partial charge < -0.3 is 10.0 Å². The van der Waals surface area contributed by atoms with Crippen LogP contribution in [0, 0.1) is 0 Å². The zero-order valence-corrected chi connectivity index (χ0v) is 10.5. The molecule has 0 aromatic heterocycles. The summed E-state index contributed by atoms with van der Waals surface area (Å²) in [5.41, 5.74) is 0. The maximum Gasteiger partial charge on any atom is 0.115 e. The summed E-state index contributed by atoms with van der Waals surface area (Å²) in [4.78, 5) is 2.38. The van der Waals surface area contributed by atoms with Crippen molar-refractivity contribution < 1.29 is 5.11 Å². The Morgan fingerprint density at radius 1 is 1.00 bits per heavy atom. The molecule has 2 nitrogen and oxygen atoms in total. The molecule has 0 spiro atoms. The van der Waals surface area contributed by atoms with E-state index in [9.17, 15) is 0 Å². The summed E-state index contributed by atoms with van der Waals surface area (Å²) in [5.74, 6) is 0.245. The topological polar surface area (TPSA) is 23.5 Å². The Morgan fingerprint density at radius 2 is 1.40 bits per heavy atom. The first-order valence-electron chi connectivity index (χ1n) is 5.30. The average Bonchev–Trinajstić information content (AvgIpc) is 2.26. The molecule has 0 heterocycles. The van der Waals surface area contributed by atoms with Crippen molar-refractivity contribution in [3.63, 3.8) is 0 Å². The summed E-state index contributed by atoms with van der Waals surface area (Å²) in [6, 6.07) is 6.36. The van der Waals surface area contributed by atoms with Gasteiger partial charge in [-0.1, -0.05) is 32.4 Å². The van der Waals surface area contributed by atoms with Gasteiger partial charge in [0.05, 0.1) is 0 Å². The first-order valence-corrected chi connectivity index (χ1v) is 5.68. The minimum absolute atomic E-state index is 0.245. The molecule has 3 heteroatoms. The fourth-order valence-corrected chi connectivity index (χ4v) is 1.24. The Kier molecular flexibility index (Phi) is 8.15. The molecule has 0 saturated heterocycles. The number of phenols is 1. The fourth-order valence-electron chi connectivity index (χ4n) is 1.11. The highest BCUT2D eigenvalue weighted by Crippen LogP contribution is 2.12. The van der Waals surface area contributed by atoms with Crippen LogP contribution in [0.1, 0.15) is 20.8 Å². The Balaban J connectivity index is 0.000000265. The maximum atomic E-state index is 8.70. The van der Waals surface area contributed by atoms with Crippen LogP contribution in [0.15, 0.2) is 24.3 Å². The van der Waals surface area contributed by atoms with Crippen molar-refractivity contribution in [1.29, 1.82) is 0 Å². The highest BCUT2D eigenvalue weighted by atomic mass is 35.5. The molecule has 15 heavy (non-hydrogen) atoms. The highest BCUT2D eigenvalue weighted by molar-refractivity contribution is 6.30. The minimum Gasteiger partial charge on any atom is -0.508 e. The van der Waals surface area contributed by atoms with E-state index in [2.05, 4.69) is 25.7 Å². The van der Waals surface area contributed by atoms with E-state index in [4.69, 9.17) is 16.7 Å². The molecule has 0 saturated carbocycles. The molecule has 1 aromatic carbocycles. The molecular formula is C12H20ClNO. The van der Waals surface area contributed by atoms with Crippen molar-refractivity contribution in [3.8, 4) is 5.75 Å². The molecule has 0 aliphatic heterocycles. The zero-order valence-electron chi connectivity index (χ0n) is 9.70. The average molecular weight is 230 g/mol. The van der Waals surface area contributed by atoms with Crippen molar-refractivity contribution >= 4 is 11.6 Å². The Bertz CT molecular complexity index is 218. The van der Waals surface area contributed by atoms with Crippen molar-refractivity contribution in [1.82, 2.24) is 4.90 Å². The third-order valence-electron chi connectivity index (χ3n) is 2.17. The van der Waals surface area contributed by atoms with E-state index in [0.29, 0.717) is 5.02 Å². The molecule has 86 valence electrons. The van der Waals surface area contributed by atoms with E-state index in [0.717, 1.165) is 0 Å². The molecule has 0 aliphatic carbocycles. The lowest BCUT2D eigenvalue weighted by atomic mass is 10.3. The quantitative estimate of drug-likeness (QED) is 0.859. The zero-order chi connectivity index (χ0) is 11.7. The van der Waals surface area contributed by atoms with Gasteiger partial charge in [0, 0.05) is 5.02 Å². The van der Waals surface area contributed by atoms with Crippen LogP contribution in [0.4, 0.5) is 0 Å². The van der Waals surface area contributed by atoms with Gasteiger partial charge in [-0.05, 0) is 43.9 Å². The molecule has 0 bridgehead atoms. The molecule has 1 aromatic rings. The van der Waals surface area contributed by atoms with Crippen LogP contribution in [-0.4, -0.2) is 29.6 Å². The van der Waals surface area contributed by atoms with Crippen LogP contribution < -0.4 is 0 Å². The first kappa shape index (κ1) is 14.3. The van der Waals surface area contributed by atoms with Crippen LogP contribution in [0.3, 0.4) is 0 Å². The molecule has 0 unspecified atom stereocenters. The monoisotopic (exact) mass is 229 g/mol. The van der Waals surface area contributed by atoms with Crippen LogP contribution in [0.25, 0.3) is 0 Å². The van der Waals surface area contributed by atoms with Crippen molar-refractivity contribution in [2.45, 2.75) is 20.8 Å². The van der Waals surface area contributed by atoms with Gasteiger partial charge in [0.15, 0.2) is 0 Å². The second-order valence-corrected chi connectivity index (χ2v) is 3.53. The van der Waals surface area contributed by atoms with Crippen LogP contribution in [0.2, 0.25) is 5.02 Å². The highest BCUT2D eigenvalue weighted by Gasteiger charge is 1.89. The Hall–Kier alpha value is -0.730. The number of hydrogen-bond acceptors (Lipinski definition) is 2. The molecule has 1 rings (SSSR count). The minimum atomic E-state index is 0.245. The third kappa shape index (κ3) is 7.23. The van der Waals surface area contributed by atoms with E-state index in [1.807, 2.05) is 0 Å². The summed E-state index contributed by atoms with van der Waals surface area (Å²) >= 11 is 5.50. The SMILES string of the molecule is CCN(CC)CC.Oc1ccc(Cl)cc1. The second kappa shape index (κ2) is 8.57. The van der Waals surface area contributed by atoms with E-state index in [1.165, 1.54) is 19.6 Å². The fraction of sp³-hybridized carbons (Fsp3) is 0.500. The number of aromatic hydroxyl groups is 1. The van der Waals surface area contributed by atoms with Crippen LogP contribution in [-0.2, 0) is 0 Å². The second-order valence-electron chi connectivity index (χ2n) is 3.10. The summed E-state index contributed by atoms with van der Waals surface area (Å²) in [6.07, 6.45) is 0. The lowest BCUT2D eigenvalue weighted by Gasteiger charge is -2.13. The molecular weight excluding hydrogens is 210 g/mol. The van der Waals surface area contributed by atoms with Gasteiger partial charge in [0.25, 0.3) is 0 Å². The number of phenolic OH excluding ortho intramolecular Hbond substituents is 1. The first-order chi connectivity index (χ1) is 7.13. The van der Waals surface area contributed by atoms with E-state index >= 15 is 0 Å². The number of rotatable bonds is 3. The lowest BCUT2D eigenvalue weighted by Crippen LogP contribution is -2.21. The van der Waals surface area contributed by atoms with Crippen molar-refractivity contribution in [2.24, 2.45) is 0 Å². The predicted octanol–water partition coefficient (Wildman–Crippen LogP) is 3.39. The normalized spacial score (nSPS) is 9.67. The predicted molar refractivity (Wildman–Crippen MR) is 66.6 cm³/mol.